The Morgan fingerprint density at radius 2 is 2.24 bits per heavy atom. The Hall–Kier alpha value is -0.0600. The molecule has 3 nitrogen and oxygen atoms in total. The molecule has 1 aliphatic rings. The number of alkyl halides is 1. The predicted octanol–water partition coefficient (Wildman–Crippen LogP) is 2.94. The standard InChI is InChI=1S/C12H19BrClN3/c1-8-4-5-17(6-10(8)14)7-11-12(13)9(2)15-16(11)3/h8,10H,4-7H2,1-3H3. The molecule has 1 fully saturated rings. The second kappa shape index (κ2) is 5.29. The van der Waals surface area contributed by atoms with Crippen LogP contribution in [0.25, 0.3) is 0 Å². The van der Waals surface area contributed by atoms with Gasteiger partial charge in [0.25, 0.3) is 0 Å². The molecule has 2 unspecified atom stereocenters. The molecule has 2 rings (SSSR count). The van der Waals surface area contributed by atoms with Crippen LogP contribution in [0.2, 0.25) is 0 Å². The van der Waals surface area contributed by atoms with Crippen molar-refractivity contribution >= 4 is 27.5 Å². The Morgan fingerprint density at radius 1 is 1.53 bits per heavy atom. The van der Waals surface area contributed by atoms with E-state index in [-0.39, 0.29) is 5.38 Å². The summed E-state index contributed by atoms with van der Waals surface area (Å²) in [7, 11) is 2.00. The predicted molar refractivity (Wildman–Crippen MR) is 74.3 cm³/mol. The van der Waals surface area contributed by atoms with Gasteiger partial charge in [0, 0.05) is 25.5 Å². The lowest BCUT2D eigenvalue weighted by molar-refractivity contribution is 0.185. The summed E-state index contributed by atoms with van der Waals surface area (Å²) in [6.45, 7) is 7.28. The molecular formula is C12H19BrClN3. The first-order chi connectivity index (χ1) is 7.99. The fourth-order valence-corrected chi connectivity index (χ4v) is 3.07. The maximum atomic E-state index is 6.34. The Balaban J connectivity index is 2.06. The van der Waals surface area contributed by atoms with Crippen LogP contribution >= 0.6 is 27.5 Å². The van der Waals surface area contributed by atoms with Gasteiger partial charge in [-0.25, -0.2) is 0 Å². The van der Waals surface area contributed by atoms with Gasteiger partial charge in [-0.2, -0.15) is 5.10 Å². The van der Waals surface area contributed by atoms with E-state index in [1.54, 1.807) is 0 Å². The van der Waals surface area contributed by atoms with Crippen molar-refractivity contribution in [2.24, 2.45) is 13.0 Å². The van der Waals surface area contributed by atoms with Gasteiger partial charge in [0.05, 0.1) is 15.9 Å². The van der Waals surface area contributed by atoms with Crippen LogP contribution in [0, 0.1) is 12.8 Å². The second-order valence-corrected chi connectivity index (χ2v) is 6.34. The number of hydrogen-bond donors (Lipinski definition) is 0. The highest BCUT2D eigenvalue weighted by atomic mass is 79.9. The van der Waals surface area contributed by atoms with Crippen LogP contribution in [0.4, 0.5) is 0 Å². The molecule has 0 radical (unpaired) electrons. The first-order valence-corrected chi connectivity index (χ1v) is 7.26. The molecule has 2 heterocycles. The van der Waals surface area contributed by atoms with Gasteiger partial charge < -0.3 is 0 Å². The molecule has 1 saturated heterocycles. The smallest absolute Gasteiger partial charge is 0.0739 e. The first-order valence-electron chi connectivity index (χ1n) is 6.03. The Bertz CT molecular complexity index is 405. The summed E-state index contributed by atoms with van der Waals surface area (Å²) in [6.07, 6.45) is 1.18. The van der Waals surface area contributed by atoms with Crippen molar-refractivity contribution in [2.75, 3.05) is 13.1 Å². The lowest BCUT2D eigenvalue weighted by Gasteiger charge is -2.33. The molecule has 1 aromatic rings. The summed E-state index contributed by atoms with van der Waals surface area (Å²) in [5, 5.41) is 4.70. The van der Waals surface area contributed by atoms with Crippen molar-refractivity contribution in [3.8, 4) is 0 Å². The minimum Gasteiger partial charge on any atom is -0.296 e. The number of piperidine rings is 1. The van der Waals surface area contributed by atoms with Crippen molar-refractivity contribution in [3.05, 3.63) is 15.9 Å². The van der Waals surface area contributed by atoms with E-state index >= 15 is 0 Å². The summed E-state index contributed by atoms with van der Waals surface area (Å²) in [5.41, 5.74) is 2.29. The van der Waals surface area contributed by atoms with Crippen molar-refractivity contribution in [1.29, 1.82) is 0 Å². The maximum Gasteiger partial charge on any atom is 0.0739 e. The van der Waals surface area contributed by atoms with Crippen molar-refractivity contribution < 1.29 is 0 Å². The molecule has 0 aliphatic carbocycles. The van der Waals surface area contributed by atoms with Gasteiger partial charge in [0.1, 0.15) is 0 Å². The molecule has 1 aromatic heterocycles. The van der Waals surface area contributed by atoms with Crippen molar-refractivity contribution in [2.45, 2.75) is 32.2 Å². The summed E-state index contributed by atoms with van der Waals surface area (Å²) in [6, 6.07) is 0. The largest absolute Gasteiger partial charge is 0.296 e. The minimum atomic E-state index is 0.275. The van der Waals surface area contributed by atoms with Gasteiger partial charge in [0.2, 0.25) is 0 Å². The Morgan fingerprint density at radius 3 is 2.76 bits per heavy atom. The van der Waals surface area contributed by atoms with Crippen LogP contribution in [0.15, 0.2) is 4.47 Å². The van der Waals surface area contributed by atoms with Gasteiger partial charge in [-0.15, -0.1) is 11.6 Å². The van der Waals surface area contributed by atoms with E-state index < -0.39 is 0 Å². The fraction of sp³-hybridized carbons (Fsp3) is 0.750. The molecule has 0 saturated carbocycles. The average Bonchev–Trinajstić information content (AvgIpc) is 2.50. The molecule has 0 spiro atoms. The fourth-order valence-electron chi connectivity index (χ4n) is 2.29. The van der Waals surface area contributed by atoms with E-state index in [4.69, 9.17) is 11.6 Å². The number of rotatable bonds is 2. The molecule has 2 atom stereocenters. The van der Waals surface area contributed by atoms with E-state index in [0.29, 0.717) is 5.92 Å². The molecule has 96 valence electrons. The van der Waals surface area contributed by atoms with Gasteiger partial charge >= 0.3 is 0 Å². The molecule has 17 heavy (non-hydrogen) atoms. The Kier molecular flexibility index (Phi) is 4.16. The average molecular weight is 321 g/mol. The summed E-state index contributed by atoms with van der Waals surface area (Å²) >= 11 is 9.95. The van der Waals surface area contributed by atoms with Gasteiger partial charge in [-0.3, -0.25) is 9.58 Å². The zero-order valence-electron chi connectivity index (χ0n) is 10.6. The third-order valence-electron chi connectivity index (χ3n) is 3.59. The molecule has 0 amide bonds. The number of likely N-dealkylation sites (tertiary alicyclic amines) is 1. The number of aryl methyl sites for hydroxylation is 2. The third kappa shape index (κ3) is 2.85. The van der Waals surface area contributed by atoms with Crippen LogP contribution < -0.4 is 0 Å². The monoisotopic (exact) mass is 319 g/mol. The number of aromatic nitrogens is 2. The van der Waals surface area contributed by atoms with E-state index in [1.165, 1.54) is 12.1 Å². The zero-order valence-corrected chi connectivity index (χ0v) is 12.9. The topological polar surface area (TPSA) is 21.1 Å². The van der Waals surface area contributed by atoms with Crippen LogP contribution in [0.3, 0.4) is 0 Å². The molecule has 0 N–H and O–H groups in total. The van der Waals surface area contributed by atoms with Gasteiger partial charge in [-0.1, -0.05) is 6.92 Å². The lowest BCUT2D eigenvalue weighted by atomic mass is 9.98. The Labute approximate surface area is 116 Å². The minimum absolute atomic E-state index is 0.275. The number of halogens is 2. The zero-order chi connectivity index (χ0) is 12.6. The summed E-state index contributed by atoms with van der Waals surface area (Å²) in [5.74, 6) is 0.629. The van der Waals surface area contributed by atoms with E-state index in [9.17, 15) is 0 Å². The van der Waals surface area contributed by atoms with Crippen molar-refractivity contribution in [1.82, 2.24) is 14.7 Å². The third-order valence-corrected chi connectivity index (χ3v) is 5.19. The maximum absolute atomic E-state index is 6.34. The molecule has 0 bridgehead atoms. The molecule has 1 aliphatic heterocycles. The van der Waals surface area contributed by atoms with E-state index in [0.717, 1.165) is 29.8 Å². The van der Waals surface area contributed by atoms with Crippen LogP contribution in [0.1, 0.15) is 24.7 Å². The molecule has 0 aromatic carbocycles. The van der Waals surface area contributed by atoms with E-state index in [2.05, 4.69) is 32.9 Å². The highest BCUT2D eigenvalue weighted by Gasteiger charge is 2.25. The van der Waals surface area contributed by atoms with Gasteiger partial charge in [0.15, 0.2) is 0 Å². The van der Waals surface area contributed by atoms with Crippen molar-refractivity contribution in [3.63, 3.8) is 0 Å². The van der Waals surface area contributed by atoms with Gasteiger partial charge in [-0.05, 0) is 41.7 Å². The first kappa shape index (κ1) is 13.4. The number of hydrogen-bond acceptors (Lipinski definition) is 2. The SMILES string of the molecule is Cc1nn(C)c(CN2CCC(C)C(Cl)C2)c1Br. The van der Waals surface area contributed by atoms with Crippen LogP contribution in [0.5, 0.6) is 0 Å². The summed E-state index contributed by atoms with van der Waals surface area (Å²) in [4.78, 5) is 2.42. The number of nitrogens with zero attached hydrogens (tertiary/aromatic N) is 3. The highest BCUT2D eigenvalue weighted by Crippen LogP contribution is 2.26. The molecular weight excluding hydrogens is 302 g/mol. The quantitative estimate of drug-likeness (QED) is 0.781. The molecule has 5 heteroatoms. The normalized spacial score (nSPS) is 26.4. The van der Waals surface area contributed by atoms with Crippen LogP contribution in [-0.2, 0) is 13.6 Å². The summed E-state index contributed by atoms with van der Waals surface area (Å²) < 4.78 is 3.09. The lowest BCUT2D eigenvalue weighted by Crippen LogP contribution is -2.40. The highest BCUT2D eigenvalue weighted by molar-refractivity contribution is 9.10. The van der Waals surface area contributed by atoms with E-state index in [1.807, 2.05) is 18.7 Å². The second-order valence-electron chi connectivity index (χ2n) is 4.99. The van der Waals surface area contributed by atoms with Crippen LogP contribution in [-0.4, -0.2) is 33.1 Å².